The summed E-state index contributed by atoms with van der Waals surface area (Å²) in [7, 11) is 0. The van der Waals surface area contributed by atoms with E-state index in [9.17, 15) is 4.79 Å². The molecule has 0 saturated carbocycles. The van der Waals surface area contributed by atoms with Gasteiger partial charge in [-0.25, -0.2) is 9.78 Å². The Labute approximate surface area is 149 Å². The fourth-order valence-electron chi connectivity index (χ4n) is 3.35. The normalized spacial score (nSPS) is 17.2. The number of piperidine rings is 1. The number of amides is 1. The first kappa shape index (κ1) is 16.1. The number of carbonyl (C=O) groups excluding carboxylic acids is 1. The van der Waals surface area contributed by atoms with Crippen LogP contribution in [0.2, 0.25) is 0 Å². The predicted molar refractivity (Wildman–Crippen MR) is 94.5 cm³/mol. The average Bonchev–Trinajstić information content (AvgIpc) is 3.15. The Bertz CT molecular complexity index is 994. The molecular weight excluding hydrogens is 334 g/mol. The molecule has 1 aliphatic rings. The van der Waals surface area contributed by atoms with Crippen molar-refractivity contribution in [1.29, 1.82) is 5.26 Å². The molecule has 1 atom stereocenters. The van der Waals surface area contributed by atoms with Gasteiger partial charge in [-0.05, 0) is 18.9 Å². The number of nitrogens with zero attached hydrogens (tertiary/aromatic N) is 5. The molecule has 3 aromatic rings. The van der Waals surface area contributed by atoms with Crippen LogP contribution in [0.25, 0.3) is 21.9 Å². The highest BCUT2D eigenvalue weighted by Crippen LogP contribution is 2.32. The van der Waals surface area contributed by atoms with E-state index in [1.54, 1.807) is 12.4 Å². The van der Waals surface area contributed by atoms with Gasteiger partial charge in [-0.1, -0.05) is 0 Å². The summed E-state index contributed by atoms with van der Waals surface area (Å²) in [5, 5.41) is 21.2. The SMILES string of the molecule is N#CCNC(=O)OC1CCCN(c2cnnc3cnc4[nH]ccc4c23)C1. The molecule has 1 fully saturated rings. The van der Waals surface area contributed by atoms with Crippen molar-refractivity contribution in [1.82, 2.24) is 25.5 Å². The van der Waals surface area contributed by atoms with E-state index in [1.807, 2.05) is 18.3 Å². The van der Waals surface area contributed by atoms with Crippen molar-refractivity contribution in [2.24, 2.45) is 0 Å². The number of ether oxygens (including phenoxy) is 1. The molecular formula is C17H17N7O2. The van der Waals surface area contributed by atoms with Crippen molar-refractivity contribution < 1.29 is 9.53 Å². The quantitative estimate of drug-likeness (QED) is 0.689. The molecule has 9 heteroatoms. The zero-order valence-electron chi connectivity index (χ0n) is 14.0. The summed E-state index contributed by atoms with van der Waals surface area (Å²) in [5.74, 6) is 0. The Hall–Kier alpha value is -3.41. The van der Waals surface area contributed by atoms with Crippen LogP contribution in [0, 0.1) is 11.3 Å². The fourth-order valence-corrected chi connectivity index (χ4v) is 3.35. The van der Waals surface area contributed by atoms with Crippen molar-refractivity contribution >= 4 is 33.7 Å². The molecule has 1 unspecified atom stereocenters. The molecule has 0 aliphatic carbocycles. The highest BCUT2D eigenvalue weighted by atomic mass is 16.6. The Kier molecular flexibility index (Phi) is 4.23. The van der Waals surface area contributed by atoms with Crippen LogP contribution in [0.5, 0.6) is 0 Å². The third-order valence-corrected chi connectivity index (χ3v) is 4.47. The number of nitriles is 1. The largest absolute Gasteiger partial charge is 0.444 e. The van der Waals surface area contributed by atoms with Crippen LogP contribution < -0.4 is 10.2 Å². The minimum atomic E-state index is -0.562. The molecule has 1 amide bonds. The molecule has 4 rings (SSSR count). The minimum Gasteiger partial charge on any atom is -0.444 e. The second-order valence-electron chi connectivity index (χ2n) is 6.12. The van der Waals surface area contributed by atoms with Gasteiger partial charge in [0.25, 0.3) is 0 Å². The summed E-state index contributed by atoms with van der Waals surface area (Å²) in [4.78, 5) is 21.4. The first-order valence-corrected chi connectivity index (χ1v) is 8.40. The van der Waals surface area contributed by atoms with E-state index in [-0.39, 0.29) is 12.6 Å². The van der Waals surface area contributed by atoms with Gasteiger partial charge >= 0.3 is 6.09 Å². The Morgan fingerprint density at radius 3 is 3.31 bits per heavy atom. The fraction of sp³-hybridized carbons (Fsp3) is 0.353. The summed E-state index contributed by atoms with van der Waals surface area (Å²) in [6.45, 7) is 1.34. The van der Waals surface area contributed by atoms with E-state index < -0.39 is 6.09 Å². The number of fused-ring (bicyclic) bond motifs is 3. The maximum Gasteiger partial charge on any atom is 0.408 e. The molecule has 132 valence electrons. The number of alkyl carbamates (subject to hydrolysis) is 1. The van der Waals surface area contributed by atoms with E-state index in [4.69, 9.17) is 10.00 Å². The van der Waals surface area contributed by atoms with Crippen LogP contribution in [-0.4, -0.2) is 52.0 Å². The third-order valence-electron chi connectivity index (χ3n) is 4.47. The van der Waals surface area contributed by atoms with Crippen LogP contribution in [0.1, 0.15) is 12.8 Å². The lowest BCUT2D eigenvalue weighted by Crippen LogP contribution is -2.42. The maximum atomic E-state index is 11.7. The number of nitrogens with one attached hydrogen (secondary N) is 2. The summed E-state index contributed by atoms with van der Waals surface area (Å²) in [5.41, 5.74) is 2.48. The summed E-state index contributed by atoms with van der Waals surface area (Å²) in [6.07, 6.45) is 6.17. The maximum absolute atomic E-state index is 11.7. The van der Waals surface area contributed by atoms with E-state index in [0.717, 1.165) is 47.0 Å². The molecule has 0 radical (unpaired) electrons. The van der Waals surface area contributed by atoms with Crippen molar-refractivity contribution in [2.45, 2.75) is 18.9 Å². The molecule has 0 aromatic carbocycles. The van der Waals surface area contributed by atoms with Crippen molar-refractivity contribution in [3.63, 3.8) is 0 Å². The molecule has 0 spiro atoms. The zero-order chi connectivity index (χ0) is 17.9. The number of H-pyrrole nitrogens is 1. The van der Waals surface area contributed by atoms with Gasteiger partial charge in [0, 0.05) is 23.5 Å². The van der Waals surface area contributed by atoms with Crippen LogP contribution >= 0.6 is 0 Å². The first-order chi connectivity index (χ1) is 12.8. The Morgan fingerprint density at radius 1 is 1.50 bits per heavy atom. The molecule has 1 saturated heterocycles. The number of anilines is 1. The topological polar surface area (TPSA) is 120 Å². The summed E-state index contributed by atoms with van der Waals surface area (Å²) in [6, 6.07) is 3.83. The van der Waals surface area contributed by atoms with Gasteiger partial charge in [0.05, 0.1) is 30.7 Å². The van der Waals surface area contributed by atoms with Crippen molar-refractivity contribution in [3.05, 3.63) is 24.7 Å². The third kappa shape index (κ3) is 2.97. The van der Waals surface area contributed by atoms with E-state index >= 15 is 0 Å². The molecule has 1 aliphatic heterocycles. The van der Waals surface area contributed by atoms with Crippen LogP contribution in [0.15, 0.2) is 24.7 Å². The van der Waals surface area contributed by atoms with E-state index in [1.165, 1.54) is 0 Å². The van der Waals surface area contributed by atoms with Crippen LogP contribution in [-0.2, 0) is 4.74 Å². The number of aromatic nitrogens is 4. The smallest absolute Gasteiger partial charge is 0.408 e. The highest BCUT2D eigenvalue weighted by molar-refractivity contribution is 6.09. The van der Waals surface area contributed by atoms with Crippen molar-refractivity contribution in [2.75, 3.05) is 24.5 Å². The second kappa shape index (κ2) is 6.84. The van der Waals surface area contributed by atoms with Gasteiger partial charge < -0.3 is 19.9 Å². The average molecular weight is 351 g/mol. The number of aromatic amines is 1. The molecule has 3 aromatic heterocycles. The van der Waals surface area contributed by atoms with Crippen LogP contribution in [0.3, 0.4) is 0 Å². The lowest BCUT2D eigenvalue weighted by Gasteiger charge is -2.34. The number of rotatable bonds is 3. The Morgan fingerprint density at radius 2 is 2.42 bits per heavy atom. The summed E-state index contributed by atoms with van der Waals surface area (Å²) >= 11 is 0. The van der Waals surface area contributed by atoms with Gasteiger partial charge in [0.2, 0.25) is 0 Å². The molecule has 4 heterocycles. The van der Waals surface area contributed by atoms with Gasteiger partial charge in [-0.3, -0.25) is 0 Å². The summed E-state index contributed by atoms with van der Waals surface area (Å²) < 4.78 is 5.43. The standard InChI is InChI=1S/C17H17N7O2/c18-4-6-20-17(25)26-11-2-1-7-24(10-11)14-9-22-23-13-8-21-16-12(15(13)14)3-5-19-16/h3,5,8-9,11H,1-2,6-7,10H2,(H,19,21)(H,20,25). The Balaban J connectivity index is 1.62. The molecule has 2 N–H and O–H groups in total. The number of carbonyl (C=O) groups is 1. The predicted octanol–water partition coefficient (Wildman–Crippen LogP) is 1.72. The molecule has 9 nitrogen and oxygen atoms in total. The lowest BCUT2D eigenvalue weighted by molar-refractivity contribution is 0.0893. The molecule has 26 heavy (non-hydrogen) atoms. The van der Waals surface area contributed by atoms with Gasteiger partial charge in [0.15, 0.2) is 0 Å². The number of hydrogen-bond donors (Lipinski definition) is 2. The van der Waals surface area contributed by atoms with Gasteiger partial charge in [-0.2, -0.15) is 10.4 Å². The molecule has 0 bridgehead atoms. The van der Waals surface area contributed by atoms with Crippen molar-refractivity contribution in [3.8, 4) is 6.07 Å². The monoisotopic (exact) mass is 351 g/mol. The second-order valence-corrected chi connectivity index (χ2v) is 6.12. The highest BCUT2D eigenvalue weighted by Gasteiger charge is 2.25. The zero-order valence-corrected chi connectivity index (χ0v) is 14.0. The number of hydrogen-bond acceptors (Lipinski definition) is 7. The minimum absolute atomic E-state index is 0.0628. The van der Waals surface area contributed by atoms with Gasteiger partial charge in [-0.15, -0.1) is 5.10 Å². The first-order valence-electron chi connectivity index (χ1n) is 8.40. The van der Waals surface area contributed by atoms with E-state index in [2.05, 4.69) is 30.4 Å². The number of pyridine rings is 1. The van der Waals surface area contributed by atoms with E-state index in [0.29, 0.717) is 6.54 Å². The van der Waals surface area contributed by atoms with Crippen LogP contribution in [0.4, 0.5) is 10.5 Å². The van der Waals surface area contributed by atoms with Gasteiger partial charge in [0.1, 0.15) is 23.8 Å². The lowest BCUT2D eigenvalue weighted by atomic mass is 10.1.